The van der Waals surface area contributed by atoms with Gasteiger partial charge in [-0.3, -0.25) is 9.88 Å². The molecule has 2 aromatic rings. The van der Waals surface area contributed by atoms with E-state index in [0.717, 1.165) is 58.1 Å². The first-order valence-corrected chi connectivity index (χ1v) is 8.60. The minimum atomic E-state index is -0.113. The van der Waals surface area contributed by atoms with E-state index < -0.39 is 0 Å². The highest BCUT2D eigenvalue weighted by Crippen LogP contribution is 2.30. The molecule has 4 rings (SSSR count). The Hall–Kier alpha value is -2.05. The fraction of sp³-hybridized carbons (Fsp3) is 0.500. The molecule has 2 aliphatic rings. The van der Waals surface area contributed by atoms with Crippen molar-refractivity contribution in [2.24, 2.45) is 0 Å². The molecule has 1 atom stereocenters. The molecule has 4 heterocycles. The number of ether oxygens (including phenoxy) is 1. The Labute approximate surface area is 142 Å². The van der Waals surface area contributed by atoms with Gasteiger partial charge in [0.05, 0.1) is 18.8 Å². The van der Waals surface area contributed by atoms with E-state index in [1.54, 1.807) is 12.4 Å². The van der Waals surface area contributed by atoms with Crippen molar-refractivity contribution in [2.45, 2.75) is 25.0 Å². The highest BCUT2D eigenvalue weighted by molar-refractivity contribution is 5.31. The normalized spacial score (nSPS) is 25.1. The zero-order valence-electron chi connectivity index (χ0n) is 13.8. The molecule has 0 aliphatic carbocycles. The summed E-state index contributed by atoms with van der Waals surface area (Å²) in [6.45, 7) is 5.49. The second-order valence-electron chi connectivity index (χ2n) is 6.68. The van der Waals surface area contributed by atoms with Gasteiger partial charge in [-0.1, -0.05) is 6.07 Å². The third kappa shape index (κ3) is 3.39. The van der Waals surface area contributed by atoms with Gasteiger partial charge in [0, 0.05) is 51.0 Å². The van der Waals surface area contributed by atoms with Crippen LogP contribution in [0.4, 0.5) is 5.95 Å². The molecule has 126 valence electrons. The molecular weight excluding hydrogens is 302 g/mol. The van der Waals surface area contributed by atoms with Gasteiger partial charge in [0.1, 0.15) is 0 Å². The molecule has 6 heteroatoms. The summed E-state index contributed by atoms with van der Waals surface area (Å²) in [5.41, 5.74) is 1.14. The molecule has 2 aromatic heterocycles. The fourth-order valence-electron chi connectivity index (χ4n) is 3.78. The predicted octanol–water partition coefficient (Wildman–Crippen LogP) is 1.74. The van der Waals surface area contributed by atoms with Crippen LogP contribution in [0.3, 0.4) is 0 Å². The maximum Gasteiger partial charge on any atom is 0.225 e. The number of pyridine rings is 1. The number of nitrogens with zero attached hydrogens (tertiary/aromatic N) is 5. The zero-order chi connectivity index (χ0) is 16.2. The van der Waals surface area contributed by atoms with E-state index in [-0.39, 0.29) is 5.60 Å². The van der Waals surface area contributed by atoms with Crippen LogP contribution in [0, 0.1) is 0 Å². The van der Waals surface area contributed by atoms with Crippen molar-refractivity contribution >= 4 is 5.95 Å². The lowest BCUT2D eigenvalue weighted by Gasteiger charge is -2.48. The van der Waals surface area contributed by atoms with E-state index in [2.05, 4.69) is 30.8 Å². The summed E-state index contributed by atoms with van der Waals surface area (Å²) in [6, 6.07) is 6.00. The van der Waals surface area contributed by atoms with E-state index in [1.165, 1.54) is 5.56 Å². The van der Waals surface area contributed by atoms with Gasteiger partial charge in [-0.2, -0.15) is 0 Å². The van der Waals surface area contributed by atoms with Crippen LogP contribution in [0.2, 0.25) is 0 Å². The van der Waals surface area contributed by atoms with Gasteiger partial charge in [0.2, 0.25) is 5.95 Å². The number of hydrogen-bond acceptors (Lipinski definition) is 6. The summed E-state index contributed by atoms with van der Waals surface area (Å²) in [5, 5.41) is 0. The summed E-state index contributed by atoms with van der Waals surface area (Å²) in [5.74, 6) is 0.810. The SMILES string of the molecule is c1cnc(N2CCC[C@@]3(CN(Cc4cccnc4)CCO3)C2)nc1. The molecule has 0 unspecified atom stereocenters. The number of rotatable bonds is 3. The highest BCUT2D eigenvalue weighted by atomic mass is 16.5. The van der Waals surface area contributed by atoms with Crippen LogP contribution in [-0.2, 0) is 11.3 Å². The van der Waals surface area contributed by atoms with Gasteiger partial charge in [-0.15, -0.1) is 0 Å². The molecule has 0 saturated carbocycles. The smallest absolute Gasteiger partial charge is 0.225 e. The molecule has 2 aliphatic heterocycles. The Kier molecular flexibility index (Phi) is 4.40. The molecule has 6 nitrogen and oxygen atoms in total. The lowest BCUT2D eigenvalue weighted by atomic mass is 9.90. The summed E-state index contributed by atoms with van der Waals surface area (Å²) in [7, 11) is 0. The quantitative estimate of drug-likeness (QED) is 0.857. The van der Waals surface area contributed by atoms with Gasteiger partial charge < -0.3 is 9.64 Å². The standard InChI is InChI=1S/C18H23N5O/c1-4-16(12-19-6-1)13-22-10-11-24-18(14-22)5-2-9-23(15-18)17-20-7-3-8-21-17/h1,3-4,6-8,12H,2,5,9-11,13-15H2/t18-/m1/s1. The Bertz CT molecular complexity index is 649. The van der Waals surface area contributed by atoms with Crippen LogP contribution in [-0.4, -0.2) is 58.2 Å². The average Bonchev–Trinajstić information content (AvgIpc) is 2.63. The van der Waals surface area contributed by atoms with E-state index in [9.17, 15) is 0 Å². The summed E-state index contributed by atoms with van der Waals surface area (Å²) < 4.78 is 6.27. The van der Waals surface area contributed by atoms with Gasteiger partial charge in [-0.25, -0.2) is 9.97 Å². The first-order valence-electron chi connectivity index (χ1n) is 8.60. The molecule has 0 aromatic carbocycles. The zero-order valence-corrected chi connectivity index (χ0v) is 13.8. The number of aromatic nitrogens is 3. The maximum atomic E-state index is 6.27. The number of anilines is 1. The molecule has 2 fully saturated rings. The molecular formula is C18H23N5O. The van der Waals surface area contributed by atoms with Crippen LogP contribution in [0.15, 0.2) is 43.0 Å². The minimum absolute atomic E-state index is 0.113. The second kappa shape index (κ2) is 6.83. The third-order valence-electron chi connectivity index (χ3n) is 4.83. The minimum Gasteiger partial charge on any atom is -0.370 e. The largest absolute Gasteiger partial charge is 0.370 e. The van der Waals surface area contributed by atoms with Crippen LogP contribution in [0.5, 0.6) is 0 Å². The summed E-state index contributed by atoms with van der Waals surface area (Å²) >= 11 is 0. The first kappa shape index (κ1) is 15.5. The predicted molar refractivity (Wildman–Crippen MR) is 91.7 cm³/mol. The lowest BCUT2D eigenvalue weighted by Crippen LogP contribution is -2.59. The van der Waals surface area contributed by atoms with Gasteiger partial charge in [0.15, 0.2) is 0 Å². The Morgan fingerprint density at radius 1 is 1.08 bits per heavy atom. The van der Waals surface area contributed by atoms with Crippen molar-refractivity contribution < 1.29 is 4.74 Å². The molecule has 0 radical (unpaired) electrons. The van der Waals surface area contributed by atoms with Crippen LogP contribution < -0.4 is 4.90 Å². The Morgan fingerprint density at radius 2 is 2.00 bits per heavy atom. The monoisotopic (exact) mass is 325 g/mol. The van der Waals surface area contributed by atoms with Crippen molar-refractivity contribution in [1.82, 2.24) is 19.9 Å². The molecule has 0 bridgehead atoms. The highest BCUT2D eigenvalue weighted by Gasteiger charge is 2.41. The third-order valence-corrected chi connectivity index (χ3v) is 4.83. The van der Waals surface area contributed by atoms with Gasteiger partial charge in [-0.05, 0) is 30.5 Å². The van der Waals surface area contributed by atoms with Crippen LogP contribution >= 0.6 is 0 Å². The van der Waals surface area contributed by atoms with Crippen LogP contribution in [0.25, 0.3) is 0 Å². The lowest BCUT2D eigenvalue weighted by molar-refractivity contribution is -0.116. The molecule has 0 amide bonds. The fourth-order valence-corrected chi connectivity index (χ4v) is 3.78. The van der Waals surface area contributed by atoms with Crippen molar-refractivity contribution in [3.8, 4) is 0 Å². The molecule has 24 heavy (non-hydrogen) atoms. The first-order chi connectivity index (χ1) is 11.8. The molecule has 0 N–H and O–H groups in total. The van der Waals surface area contributed by atoms with Gasteiger partial charge in [0.25, 0.3) is 0 Å². The van der Waals surface area contributed by atoms with E-state index in [1.807, 2.05) is 24.5 Å². The van der Waals surface area contributed by atoms with E-state index in [4.69, 9.17) is 4.74 Å². The number of piperidine rings is 1. The number of morpholine rings is 1. The summed E-state index contributed by atoms with van der Waals surface area (Å²) in [6.07, 6.45) is 9.59. The molecule has 2 saturated heterocycles. The Morgan fingerprint density at radius 3 is 2.83 bits per heavy atom. The van der Waals surface area contributed by atoms with Crippen molar-refractivity contribution in [2.75, 3.05) is 37.7 Å². The average molecular weight is 325 g/mol. The van der Waals surface area contributed by atoms with Crippen molar-refractivity contribution in [1.29, 1.82) is 0 Å². The second-order valence-corrected chi connectivity index (χ2v) is 6.68. The Balaban J connectivity index is 1.45. The van der Waals surface area contributed by atoms with Crippen LogP contribution in [0.1, 0.15) is 18.4 Å². The summed E-state index contributed by atoms with van der Waals surface area (Å²) in [4.78, 5) is 17.8. The van der Waals surface area contributed by atoms with Crippen molar-refractivity contribution in [3.05, 3.63) is 48.5 Å². The topological polar surface area (TPSA) is 54.4 Å². The maximum absolute atomic E-state index is 6.27. The van der Waals surface area contributed by atoms with Gasteiger partial charge >= 0.3 is 0 Å². The van der Waals surface area contributed by atoms with E-state index >= 15 is 0 Å². The molecule has 1 spiro atoms. The number of hydrogen-bond donors (Lipinski definition) is 0. The van der Waals surface area contributed by atoms with Crippen molar-refractivity contribution in [3.63, 3.8) is 0 Å². The van der Waals surface area contributed by atoms with E-state index in [0.29, 0.717) is 0 Å².